The molecule has 0 amide bonds. The van der Waals surface area contributed by atoms with Crippen LogP contribution in [-0.2, 0) is 0 Å². The third kappa shape index (κ3) is 2.96. The Morgan fingerprint density at radius 3 is 2.75 bits per heavy atom. The predicted molar refractivity (Wildman–Crippen MR) is 68.7 cm³/mol. The van der Waals surface area contributed by atoms with Gasteiger partial charge in [-0.15, -0.1) is 0 Å². The lowest BCUT2D eigenvalue weighted by Crippen LogP contribution is -2.54. The van der Waals surface area contributed by atoms with Crippen molar-refractivity contribution in [2.24, 2.45) is 11.8 Å². The standard InChI is InChI=1S/C13H27N3/c1-11(2)13-8-14-5-7-16(13)10-12-4-6-15(3)9-12/h11-14H,4-10H2,1-3H3. The molecule has 2 fully saturated rings. The van der Waals surface area contributed by atoms with E-state index in [4.69, 9.17) is 0 Å². The molecule has 0 saturated carbocycles. The molecule has 2 aliphatic heterocycles. The fourth-order valence-corrected chi connectivity index (χ4v) is 3.16. The lowest BCUT2D eigenvalue weighted by atomic mass is 9.98. The Balaban J connectivity index is 1.86. The summed E-state index contributed by atoms with van der Waals surface area (Å²) in [5.41, 5.74) is 0. The van der Waals surface area contributed by atoms with Crippen molar-refractivity contribution < 1.29 is 0 Å². The Labute approximate surface area is 100 Å². The zero-order valence-electron chi connectivity index (χ0n) is 11.1. The minimum Gasteiger partial charge on any atom is -0.314 e. The summed E-state index contributed by atoms with van der Waals surface area (Å²) in [6.45, 7) is 12.2. The van der Waals surface area contributed by atoms with E-state index in [1.165, 1.54) is 45.7 Å². The Morgan fingerprint density at radius 2 is 2.12 bits per heavy atom. The third-order valence-electron chi connectivity index (χ3n) is 4.15. The highest BCUT2D eigenvalue weighted by Crippen LogP contribution is 2.20. The molecule has 2 rings (SSSR count). The second-order valence-electron chi connectivity index (χ2n) is 5.93. The summed E-state index contributed by atoms with van der Waals surface area (Å²) < 4.78 is 0. The highest BCUT2D eigenvalue weighted by atomic mass is 15.2. The SMILES string of the molecule is CC(C)C1CNCCN1CC1CCN(C)C1. The van der Waals surface area contributed by atoms with Crippen LogP contribution in [0.1, 0.15) is 20.3 Å². The molecule has 0 aromatic carbocycles. The highest BCUT2D eigenvalue weighted by molar-refractivity contribution is 4.85. The lowest BCUT2D eigenvalue weighted by molar-refractivity contribution is 0.106. The summed E-state index contributed by atoms with van der Waals surface area (Å²) in [4.78, 5) is 5.20. The monoisotopic (exact) mass is 225 g/mol. The highest BCUT2D eigenvalue weighted by Gasteiger charge is 2.29. The largest absolute Gasteiger partial charge is 0.314 e. The van der Waals surface area contributed by atoms with Gasteiger partial charge in [0.2, 0.25) is 0 Å². The van der Waals surface area contributed by atoms with Crippen molar-refractivity contribution in [2.45, 2.75) is 26.3 Å². The molecular weight excluding hydrogens is 198 g/mol. The van der Waals surface area contributed by atoms with E-state index in [1.807, 2.05) is 0 Å². The Morgan fingerprint density at radius 1 is 1.31 bits per heavy atom. The molecule has 94 valence electrons. The average molecular weight is 225 g/mol. The first-order valence-electron chi connectivity index (χ1n) is 6.80. The minimum absolute atomic E-state index is 0.750. The number of hydrogen-bond donors (Lipinski definition) is 1. The molecule has 2 saturated heterocycles. The van der Waals surface area contributed by atoms with Crippen LogP contribution in [0.15, 0.2) is 0 Å². The summed E-state index contributed by atoms with van der Waals surface area (Å²) in [6, 6.07) is 0.750. The first kappa shape index (κ1) is 12.3. The molecule has 3 nitrogen and oxygen atoms in total. The lowest BCUT2D eigenvalue weighted by Gasteiger charge is -2.40. The number of rotatable bonds is 3. The van der Waals surface area contributed by atoms with Crippen LogP contribution >= 0.6 is 0 Å². The van der Waals surface area contributed by atoms with E-state index in [1.54, 1.807) is 0 Å². The second-order valence-corrected chi connectivity index (χ2v) is 5.93. The van der Waals surface area contributed by atoms with Crippen LogP contribution in [0.3, 0.4) is 0 Å². The van der Waals surface area contributed by atoms with Gasteiger partial charge in [-0.25, -0.2) is 0 Å². The quantitative estimate of drug-likeness (QED) is 0.769. The molecule has 1 N–H and O–H groups in total. The van der Waals surface area contributed by atoms with E-state index in [0.717, 1.165) is 17.9 Å². The van der Waals surface area contributed by atoms with Crippen LogP contribution in [0.5, 0.6) is 0 Å². The molecule has 16 heavy (non-hydrogen) atoms. The topological polar surface area (TPSA) is 18.5 Å². The van der Waals surface area contributed by atoms with Crippen LogP contribution in [0.2, 0.25) is 0 Å². The van der Waals surface area contributed by atoms with Crippen LogP contribution in [0.25, 0.3) is 0 Å². The van der Waals surface area contributed by atoms with Gasteiger partial charge >= 0.3 is 0 Å². The summed E-state index contributed by atoms with van der Waals surface area (Å²) in [6.07, 6.45) is 1.39. The number of likely N-dealkylation sites (tertiary alicyclic amines) is 1. The number of piperazine rings is 1. The number of hydrogen-bond acceptors (Lipinski definition) is 3. The van der Waals surface area contributed by atoms with E-state index >= 15 is 0 Å². The Hall–Kier alpha value is -0.120. The zero-order valence-corrected chi connectivity index (χ0v) is 11.1. The molecular formula is C13H27N3. The van der Waals surface area contributed by atoms with Crippen molar-refractivity contribution >= 4 is 0 Å². The maximum Gasteiger partial charge on any atom is 0.0244 e. The third-order valence-corrected chi connectivity index (χ3v) is 4.15. The summed E-state index contributed by atoms with van der Waals surface area (Å²) in [7, 11) is 2.25. The maximum atomic E-state index is 3.53. The van der Waals surface area contributed by atoms with Gasteiger partial charge in [0.1, 0.15) is 0 Å². The Kier molecular flexibility index (Phi) is 4.22. The fourth-order valence-electron chi connectivity index (χ4n) is 3.16. The summed E-state index contributed by atoms with van der Waals surface area (Å²) in [5.74, 6) is 1.68. The van der Waals surface area contributed by atoms with E-state index in [0.29, 0.717) is 0 Å². The Bertz CT molecular complexity index is 217. The van der Waals surface area contributed by atoms with Gasteiger partial charge in [-0.05, 0) is 31.8 Å². The molecule has 2 atom stereocenters. The molecule has 0 aromatic heterocycles. The van der Waals surface area contributed by atoms with Gasteiger partial charge in [0.25, 0.3) is 0 Å². The summed E-state index contributed by atoms with van der Waals surface area (Å²) >= 11 is 0. The van der Waals surface area contributed by atoms with E-state index in [-0.39, 0.29) is 0 Å². The second kappa shape index (κ2) is 5.48. The van der Waals surface area contributed by atoms with Gasteiger partial charge in [-0.1, -0.05) is 13.8 Å². The van der Waals surface area contributed by atoms with Crippen molar-refractivity contribution in [3.8, 4) is 0 Å². The summed E-state index contributed by atoms with van der Waals surface area (Å²) in [5, 5.41) is 3.53. The smallest absolute Gasteiger partial charge is 0.0244 e. The molecule has 0 radical (unpaired) electrons. The van der Waals surface area contributed by atoms with E-state index in [2.05, 4.69) is 36.0 Å². The van der Waals surface area contributed by atoms with Crippen molar-refractivity contribution in [2.75, 3.05) is 46.3 Å². The van der Waals surface area contributed by atoms with Crippen molar-refractivity contribution in [3.63, 3.8) is 0 Å². The molecule has 0 aromatic rings. The molecule has 0 bridgehead atoms. The van der Waals surface area contributed by atoms with Gasteiger partial charge in [-0.3, -0.25) is 4.90 Å². The molecule has 3 heteroatoms. The minimum atomic E-state index is 0.750. The van der Waals surface area contributed by atoms with Gasteiger partial charge in [-0.2, -0.15) is 0 Å². The molecule has 2 unspecified atom stereocenters. The zero-order chi connectivity index (χ0) is 11.5. The fraction of sp³-hybridized carbons (Fsp3) is 1.00. The van der Waals surface area contributed by atoms with Crippen molar-refractivity contribution in [1.82, 2.24) is 15.1 Å². The van der Waals surface area contributed by atoms with E-state index < -0.39 is 0 Å². The first-order valence-corrected chi connectivity index (χ1v) is 6.80. The van der Waals surface area contributed by atoms with Crippen LogP contribution in [0, 0.1) is 11.8 Å². The number of nitrogens with zero attached hydrogens (tertiary/aromatic N) is 2. The predicted octanol–water partition coefficient (Wildman–Crippen LogP) is 0.868. The van der Waals surface area contributed by atoms with Crippen LogP contribution in [-0.4, -0.2) is 62.2 Å². The van der Waals surface area contributed by atoms with Gasteiger partial charge < -0.3 is 10.2 Å². The average Bonchev–Trinajstić information content (AvgIpc) is 2.64. The van der Waals surface area contributed by atoms with Crippen molar-refractivity contribution in [3.05, 3.63) is 0 Å². The van der Waals surface area contributed by atoms with Gasteiger partial charge in [0, 0.05) is 38.8 Å². The van der Waals surface area contributed by atoms with Gasteiger partial charge in [0.15, 0.2) is 0 Å². The molecule has 2 aliphatic rings. The number of nitrogens with one attached hydrogen (secondary N) is 1. The maximum absolute atomic E-state index is 3.53. The van der Waals surface area contributed by atoms with Crippen LogP contribution < -0.4 is 5.32 Å². The normalized spacial score (nSPS) is 33.8. The molecule has 2 heterocycles. The van der Waals surface area contributed by atoms with E-state index in [9.17, 15) is 0 Å². The van der Waals surface area contributed by atoms with Gasteiger partial charge in [0.05, 0.1) is 0 Å². The first-order chi connectivity index (χ1) is 7.66. The van der Waals surface area contributed by atoms with Crippen molar-refractivity contribution in [1.29, 1.82) is 0 Å². The molecule has 0 spiro atoms. The molecule has 0 aliphatic carbocycles. The van der Waals surface area contributed by atoms with Crippen LogP contribution in [0.4, 0.5) is 0 Å².